The standard InChI is InChI=1S/C47H95N2O6P/c1-6-8-10-12-14-16-18-20-22-23-24-25-27-29-31-33-35-37-39-41-47(51)48-45(44-55-56(52,53)54-43-42-49(3,4)5)46(50)40-38-36-34-32-30-28-26-21-19-17-15-13-11-9-7-2/h20,22,45-46,50H,6-19,21,23-44H2,1-5H3,(H-,48,51,52,53)/b22-20+/t45-,46+/m0/s1. The van der Waals surface area contributed by atoms with Gasteiger partial charge in [0.25, 0.3) is 7.82 Å². The number of amides is 1. The maximum atomic E-state index is 12.9. The van der Waals surface area contributed by atoms with Gasteiger partial charge in [-0.1, -0.05) is 199 Å². The van der Waals surface area contributed by atoms with Crippen LogP contribution in [0.1, 0.15) is 232 Å². The van der Waals surface area contributed by atoms with Crippen molar-refractivity contribution in [1.82, 2.24) is 5.32 Å². The number of likely N-dealkylation sites (N-methyl/N-ethyl adjacent to an activating group) is 1. The third kappa shape index (κ3) is 41.4. The van der Waals surface area contributed by atoms with Gasteiger partial charge in [-0.05, 0) is 38.5 Å². The van der Waals surface area contributed by atoms with E-state index in [1.54, 1.807) is 0 Å². The normalized spacial score (nSPS) is 14.3. The van der Waals surface area contributed by atoms with Gasteiger partial charge in [-0.25, -0.2) is 0 Å². The molecule has 0 aliphatic carbocycles. The smallest absolute Gasteiger partial charge is 0.268 e. The van der Waals surface area contributed by atoms with Crippen molar-refractivity contribution in [2.75, 3.05) is 40.9 Å². The molecule has 9 heteroatoms. The fourth-order valence-electron chi connectivity index (χ4n) is 7.15. The fourth-order valence-corrected chi connectivity index (χ4v) is 7.88. The number of carbonyl (C=O) groups excluding carboxylic acids is 1. The second-order valence-electron chi connectivity index (χ2n) is 17.8. The molecule has 0 aliphatic rings. The van der Waals surface area contributed by atoms with E-state index in [-0.39, 0.29) is 19.1 Å². The van der Waals surface area contributed by atoms with Crippen LogP contribution in [-0.2, 0) is 18.4 Å². The summed E-state index contributed by atoms with van der Waals surface area (Å²) < 4.78 is 23.3. The lowest BCUT2D eigenvalue weighted by atomic mass is 10.0. The molecule has 0 bridgehead atoms. The van der Waals surface area contributed by atoms with Crippen LogP contribution in [0.5, 0.6) is 0 Å². The first kappa shape index (κ1) is 55.2. The van der Waals surface area contributed by atoms with E-state index in [1.807, 2.05) is 21.1 Å². The van der Waals surface area contributed by atoms with Gasteiger partial charge in [-0.2, -0.15) is 0 Å². The van der Waals surface area contributed by atoms with Crippen molar-refractivity contribution < 1.29 is 32.9 Å². The molecular formula is C47H95N2O6P. The number of rotatable bonds is 44. The minimum Gasteiger partial charge on any atom is -0.756 e. The summed E-state index contributed by atoms with van der Waals surface area (Å²) >= 11 is 0. The number of aliphatic hydroxyl groups is 1. The highest BCUT2D eigenvalue weighted by atomic mass is 31.2. The van der Waals surface area contributed by atoms with Crippen molar-refractivity contribution in [3.8, 4) is 0 Å². The zero-order valence-corrected chi connectivity index (χ0v) is 38.7. The number of aliphatic hydroxyl groups excluding tert-OH is 1. The maximum Gasteiger partial charge on any atom is 0.268 e. The van der Waals surface area contributed by atoms with Crippen molar-refractivity contribution in [1.29, 1.82) is 0 Å². The first-order valence-electron chi connectivity index (χ1n) is 24.0. The highest BCUT2D eigenvalue weighted by molar-refractivity contribution is 7.45. The van der Waals surface area contributed by atoms with Crippen LogP contribution in [0.2, 0.25) is 0 Å². The second-order valence-corrected chi connectivity index (χ2v) is 19.2. The number of unbranched alkanes of at least 4 members (excludes halogenated alkanes) is 29. The Morgan fingerprint density at radius 3 is 1.39 bits per heavy atom. The van der Waals surface area contributed by atoms with Gasteiger partial charge in [-0.3, -0.25) is 9.36 Å². The summed E-state index contributed by atoms with van der Waals surface area (Å²) in [6.45, 7) is 4.73. The van der Waals surface area contributed by atoms with Gasteiger partial charge in [0.15, 0.2) is 0 Å². The quantitative estimate of drug-likeness (QED) is 0.0274. The van der Waals surface area contributed by atoms with E-state index < -0.39 is 20.0 Å². The Kier molecular flexibility index (Phi) is 39.1. The summed E-state index contributed by atoms with van der Waals surface area (Å²) in [6, 6.07) is -0.797. The Morgan fingerprint density at radius 1 is 0.607 bits per heavy atom. The van der Waals surface area contributed by atoms with E-state index in [0.29, 0.717) is 23.9 Å². The van der Waals surface area contributed by atoms with Crippen LogP contribution >= 0.6 is 7.82 Å². The van der Waals surface area contributed by atoms with Gasteiger partial charge < -0.3 is 28.8 Å². The van der Waals surface area contributed by atoms with Crippen LogP contribution in [0.15, 0.2) is 12.2 Å². The monoisotopic (exact) mass is 815 g/mol. The van der Waals surface area contributed by atoms with E-state index in [0.717, 1.165) is 38.5 Å². The molecule has 0 heterocycles. The Labute approximate surface area is 348 Å². The van der Waals surface area contributed by atoms with E-state index >= 15 is 0 Å². The number of phosphoric ester groups is 1. The van der Waals surface area contributed by atoms with Crippen LogP contribution in [0.4, 0.5) is 0 Å². The lowest BCUT2D eigenvalue weighted by Gasteiger charge is -2.30. The third-order valence-corrected chi connectivity index (χ3v) is 12.0. The van der Waals surface area contributed by atoms with Gasteiger partial charge in [0.2, 0.25) is 5.91 Å². The molecule has 0 aliphatic heterocycles. The molecule has 0 spiro atoms. The SMILES string of the molecule is CCCCCCCC/C=C/CCCCCCCCCCCC(=O)N[C@@H](COP(=O)([O-])OCC[N+](C)(C)C)[C@H](O)CCCCCCCCCCCCCCCCC. The number of allylic oxidation sites excluding steroid dienone is 2. The molecule has 1 unspecified atom stereocenters. The average Bonchev–Trinajstić information content (AvgIpc) is 3.15. The number of hydrogen-bond donors (Lipinski definition) is 2. The molecule has 0 rings (SSSR count). The number of phosphoric acid groups is 1. The minimum absolute atomic E-state index is 0.0139. The minimum atomic E-state index is -4.56. The van der Waals surface area contributed by atoms with Gasteiger partial charge in [-0.15, -0.1) is 0 Å². The van der Waals surface area contributed by atoms with Crippen molar-refractivity contribution in [3.63, 3.8) is 0 Å². The summed E-state index contributed by atoms with van der Waals surface area (Å²) in [5.41, 5.74) is 0. The Hall–Kier alpha value is -0.760. The van der Waals surface area contributed by atoms with E-state index in [1.165, 1.54) is 167 Å². The predicted octanol–water partition coefficient (Wildman–Crippen LogP) is 12.9. The number of hydrogen-bond acceptors (Lipinski definition) is 6. The molecular weight excluding hydrogens is 719 g/mol. The summed E-state index contributed by atoms with van der Waals surface area (Å²) in [4.78, 5) is 25.4. The zero-order chi connectivity index (χ0) is 41.4. The van der Waals surface area contributed by atoms with Crippen molar-refractivity contribution >= 4 is 13.7 Å². The molecule has 0 aromatic carbocycles. The fraction of sp³-hybridized carbons (Fsp3) is 0.936. The molecule has 1 amide bonds. The Morgan fingerprint density at radius 2 is 0.982 bits per heavy atom. The maximum absolute atomic E-state index is 12.9. The molecule has 0 radical (unpaired) electrons. The summed E-state index contributed by atoms with van der Waals surface area (Å²) in [7, 11) is 1.31. The first-order valence-corrected chi connectivity index (χ1v) is 25.5. The van der Waals surface area contributed by atoms with Gasteiger partial charge in [0, 0.05) is 6.42 Å². The summed E-state index contributed by atoms with van der Waals surface area (Å²) in [6.07, 6.45) is 44.9. The molecule has 0 saturated carbocycles. The summed E-state index contributed by atoms with van der Waals surface area (Å²) in [5, 5.41) is 13.9. The largest absolute Gasteiger partial charge is 0.756 e. The molecule has 0 aromatic rings. The van der Waals surface area contributed by atoms with Crippen molar-refractivity contribution in [2.45, 2.75) is 244 Å². The molecule has 56 heavy (non-hydrogen) atoms. The lowest BCUT2D eigenvalue weighted by molar-refractivity contribution is -0.870. The number of nitrogens with zero attached hydrogens (tertiary/aromatic N) is 1. The number of nitrogens with one attached hydrogen (secondary N) is 1. The molecule has 8 nitrogen and oxygen atoms in total. The molecule has 0 aromatic heterocycles. The van der Waals surface area contributed by atoms with Crippen LogP contribution in [-0.4, -0.2) is 68.5 Å². The highest BCUT2D eigenvalue weighted by Crippen LogP contribution is 2.38. The van der Waals surface area contributed by atoms with Crippen molar-refractivity contribution in [2.24, 2.45) is 0 Å². The first-order chi connectivity index (χ1) is 27.0. The molecule has 334 valence electrons. The van der Waals surface area contributed by atoms with Crippen LogP contribution in [0.3, 0.4) is 0 Å². The lowest BCUT2D eigenvalue weighted by Crippen LogP contribution is -2.46. The Bertz CT molecular complexity index is 927. The van der Waals surface area contributed by atoms with E-state index in [9.17, 15) is 19.4 Å². The van der Waals surface area contributed by atoms with Crippen LogP contribution in [0.25, 0.3) is 0 Å². The molecule has 3 atom stereocenters. The average molecular weight is 815 g/mol. The predicted molar refractivity (Wildman–Crippen MR) is 238 cm³/mol. The summed E-state index contributed by atoms with van der Waals surface area (Å²) in [5.74, 6) is -0.165. The van der Waals surface area contributed by atoms with Gasteiger partial charge in [0.05, 0.1) is 39.9 Å². The van der Waals surface area contributed by atoms with Crippen LogP contribution < -0.4 is 10.2 Å². The number of carbonyl (C=O) groups is 1. The molecule has 0 saturated heterocycles. The highest BCUT2D eigenvalue weighted by Gasteiger charge is 2.24. The second kappa shape index (κ2) is 39.7. The van der Waals surface area contributed by atoms with Crippen LogP contribution in [0, 0.1) is 0 Å². The number of quaternary nitrogens is 1. The van der Waals surface area contributed by atoms with Gasteiger partial charge in [0.1, 0.15) is 13.2 Å². The molecule has 2 N–H and O–H groups in total. The zero-order valence-electron chi connectivity index (χ0n) is 37.9. The third-order valence-electron chi connectivity index (χ3n) is 11.0. The van der Waals surface area contributed by atoms with E-state index in [4.69, 9.17) is 9.05 Å². The van der Waals surface area contributed by atoms with Gasteiger partial charge >= 0.3 is 0 Å². The Balaban J connectivity index is 4.29. The van der Waals surface area contributed by atoms with E-state index in [2.05, 4.69) is 31.3 Å². The van der Waals surface area contributed by atoms with Crippen molar-refractivity contribution in [3.05, 3.63) is 12.2 Å². The topological polar surface area (TPSA) is 108 Å². The molecule has 0 fully saturated rings.